The first-order chi connectivity index (χ1) is 6.60. The summed E-state index contributed by atoms with van der Waals surface area (Å²) in [4.78, 5) is 3.66. The van der Waals surface area contributed by atoms with Gasteiger partial charge in [0.05, 0.1) is 18.2 Å². The predicted octanol–water partition coefficient (Wildman–Crippen LogP) is 3.01. The van der Waals surface area contributed by atoms with Crippen molar-refractivity contribution in [1.82, 2.24) is 4.98 Å². The third-order valence-corrected chi connectivity index (χ3v) is 2.86. The van der Waals surface area contributed by atoms with Crippen LogP contribution in [0.15, 0.2) is 10.5 Å². The fourth-order valence-corrected chi connectivity index (χ4v) is 1.80. The Labute approximate surface area is 93.0 Å². The van der Waals surface area contributed by atoms with Gasteiger partial charge in [-0.05, 0) is 27.6 Å². The maximum atomic E-state index is 12.3. The van der Waals surface area contributed by atoms with Crippen LogP contribution in [0.3, 0.4) is 0 Å². The molecule has 0 unspecified atom stereocenters. The van der Waals surface area contributed by atoms with Gasteiger partial charge in [0.15, 0.2) is 0 Å². The number of alkyl halides is 3. The van der Waals surface area contributed by atoms with E-state index in [4.69, 9.17) is 16.7 Å². The van der Waals surface area contributed by atoms with Crippen molar-refractivity contribution in [2.75, 3.05) is 0 Å². The van der Waals surface area contributed by atoms with Gasteiger partial charge in [-0.25, -0.2) is 13.8 Å². The van der Waals surface area contributed by atoms with Gasteiger partial charge in [-0.15, -0.1) is 11.6 Å². The maximum absolute atomic E-state index is 12.3. The number of halogens is 4. The minimum absolute atomic E-state index is 0.0220. The smallest absolute Gasteiger partial charge is 0.280 e. The second-order valence-electron chi connectivity index (χ2n) is 2.56. The molecule has 0 bridgehead atoms. The lowest BCUT2D eigenvalue weighted by Gasteiger charge is -2.08. The fourth-order valence-electron chi connectivity index (χ4n) is 0.980. The largest absolute Gasteiger partial charge is 0.392 e. The Morgan fingerprint density at radius 3 is 2.64 bits per heavy atom. The summed E-state index contributed by atoms with van der Waals surface area (Å²) >= 11 is 8.65. The van der Waals surface area contributed by atoms with Gasteiger partial charge >= 0.3 is 0 Å². The summed E-state index contributed by atoms with van der Waals surface area (Å²) in [5, 5.41) is 8.90. The standard InChI is InChI=1S/C8H7BrClF2NO/c9-7-4(3-14)1-5(8(11)12)13-6(7)2-10/h1,8,14H,2-3H2. The van der Waals surface area contributed by atoms with E-state index >= 15 is 0 Å². The summed E-state index contributed by atoms with van der Waals surface area (Å²) in [5.41, 5.74) is 0.312. The molecule has 1 heterocycles. The topological polar surface area (TPSA) is 33.1 Å². The van der Waals surface area contributed by atoms with Crippen LogP contribution in [0.2, 0.25) is 0 Å². The van der Waals surface area contributed by atoms with E-state index < -0.39 is 6.43 Å². The zero-order valence-electron chi connectivity index (χ0n) is 6.98. The van der Waals surface area contributed by atoms with E-state index in [1.807, 2.05) is 0 Å². The molecule has 0 saturated carbocycles. The summed E-state index contributed by atoms with van der Waals surface area (Å²) in [7, 11) is 0. The molecule has 1 aromatic heterocycles. The summed E-state index contributed by atoms with van der Waals surface area (Å²) < 4.78 is 25.1. The van der Waals surface area contributed by atoms with E-state index in [0.29, 0.717) is 15.7 Å². The highest BCUT2D eigenvalue weighted by Gasteiger charge is 2.15. The van der Waals surface area contributed by atoms with E-state index in [1.54, 1.807) is 0 Å². The van der Waals surface area contributed by atoms with E-state index in [9.17, 15) is 8.78 Å². The van der Waals surface area contributed by atoms with E-state index in [2.05, 4.69) is 20.9 Å². The monoisotopic (exact) mass is 285 g/mol. The highest BCUT2D eigenvalue weighted by molar-refractivity contribution is 9.10. The average Bonchev–Trinajstić information content (AvgIpc) is 2.17. The first kappa shape index (κ1) is 11.8. The molecule has 0 spiro atoms. The van der Waals surface area contributed by atoms with E-state index in [0.717, 1.165) is 6.07 Å². The van der Waals surface area contributed by atoms with Gasteiger partial charge in [-0.2, -0.15) is 0 Å². The summed E-state index contributed by atoms with van der Waals surface area (Å²) in [6.07, 6.45) is -2.66. The van der Waals surface area contributed by atoms with Crippen LogP contribution < -0.4 is 0 Å². The van der Waals surface area contributed by atoms with Crippen molar-refractivity contribution in [3.8, 4) is 0 Å². The Morgan fingerprint density at radius 2 is 2.21 bits per heavy atom. The van der Waals surface area contributed by atoms with Crippen LogP contribution in [0.1, 0.15) is 23.4 Å². The lowest BCUT2D eigenvalue weighted by molar-refractivity contribution is 0.145. The summed E-state index contributed by atoms with van der Waals surface area (Å²) in [6, 6.07) is 1.16. The van der Waals surface area contributed by atoms with Crippen molar-refractivity contribution in [3.63, 3.8) is 0 Å². The van der Waals surface area contributed by atoms with Gasteiger partial charge in [0.1, 0.15) is 5.69 Å². The molecule has 0 fully saturated rings. The molecule has 0 aliphatic rings. The minimum atomic E-state index is -2.66. The number of aliphatic hydroxyl groups is 1. The van der Waals surface area contributed by atoms with Crippen LogP contribution in [0, 0.1) is 0 Å². The van der Waals surface area contributed by atoms with Crippen LogP contribution in [-0.2, 0) is 12.5 Å². The lowest BCUT2D eigenvalue weighted by Crippen LogP contribution is -2.00. The Hall–Kier alpha value is -0.260. The van der Waals surface area contributed by atoms with Gasteiger partial charge in [-0.1, -0.05) is 0 Å². The number of nitrogens with zero attached hydrogens (tertiary/aromatic N) is 1. The van der Waals surface area contributed by atoms with Crippen molar-refractivity contribution >= 4 is 27.5 Å². The van der Waals surface area contributed by atoms with Crippen LogP contribution in [0.25, 0.3) is 0 Å². The maximum Gasteiger partial charge on any atom is 0.280 e. The molecular weight excluding hydrogens is 279 g/mol. The van der Waals surface area contributed by atoms with Gasteiger partial charge in [0.25, 0.3) is 6.43 Å². The Bertz CT molecular complexity index is 310. The molecule has 0 amide bonds. The van der Waals surface area contributed by atoms with Gasteiger partial charge in [0.2, 0.25) is 0 Å². The number of pyridine rings is 1. The summed E-state index contributed by atoms with van der Waals surface area (Å²) in [6.45, 7) is -0.327. The second-order valence-corrected chi connectivity index (χ2v) is 3.62. The SMILES string of the molecule is OCc1cc(C(F)F)nc(CCl)c1Br. The predicted molar refractivity (Wildman–Crippen MR) is 52.4 cm³/mol. The molecule has 1 aromatic rings. The summed E-state index contributed by atoms with van der Waals surface area (Å²) in [5.74, 6) is 0.0220. The van der Waals surface area contributed by atoms with E-state index in [1.165, 1.54) is 0 Å². The van der Waals surface area contributed by atoms with E-state index in [-0.39, 0.29) is 18.2 Å². The highest BCUT2D eigenvalue weighted by Crippen LogP contribution is 2.26. The molecule has 0 radical (unpaired) electrons. The van der Waals surface area contributed by atoms with Gasteiger partial charge < -0.3 is 5.11 Å². The molecule has 0 saturated heterocycles. The quantitative estimate of drug-likeness (QED) is 0.867. The fraction of sp³-hybridized carbons (Fsp3) is 0.375. The molecule has 14 heavy (non-hydrogen) atoms. The van der Waals surface area contributed by atoms with Crippen molar-refractivity contribution in [2.45, 2.75) is 18.9 Å². The first-order valence-electron chi connectivity index (χ1n) is 3.73. The molecule has 0 aliphatic carbocycles. The number of hydrogen-bond acceptors (Lipinski definition) is 2. The Morgan fingerprint density at radius 1 is 1.57 bits per heavy atom. The zero-order chi connectivity index (χ0) is 10.7. The molecule has 0 aliphatic heterocycles. The van der Waals surface area contributed by atoms with Crippen LogP contribution in [0.5, 0.6) is 0 Å². The molecule has 0 aromatic carbocycles. The van der Waals surface area contributed by atoms with Crippen molar-refractivity contribution in [2.24, 2.45) is 0 Å². The average molecular weight is 287 g/mol. The Balaban J connectivity index is 3.25. The number of rotatable bonds is 3. The molecule has 1 rings (SSSR count). The van der Waals surface area contributed by atoms with Crippen molar-refractivity contribution in [3.05, 3.63) is 27.5 Å². The zero-order valence-corrected chi connectivity index (χ0v) is 9.32. The van der Waals surface area contributed by atoms with Crippen LogP contribution in [0.4, 0.5) is 8.78 Å². The minimum Gasteiger partial charge on any atom is -0.392 e. The second kappa shape index (κ2) is 5.00. The van der Waals surface area contributed by atoms with Gasteiger partial charge in [0, 0.05) is 4.47 Å². The molecule has 6 heteroatoms. The lowest BCUT2D eigenvalue weighted by atomic mass is 10.2. The van der Waals surface area contributed by atoms with Gasteiger partial charge in [-0.3, -0.25) is 0 Å². The molecular formula is C8H7BrClF2NO. The molecule has 0 atom stereocenters. The number of hydrogen-bond donors (Lipinski definition) is 1. The first-order valence-corrected chi connectivity index (χ1v) is 5.06. The van der Waals surface area contributed by atoms with Crippen molar-refractivity contribution < 1.29 is 13.9 Å². The van der Waals surface area contributed by atoms with Crippen LogP contribution >= 0.6 is 27.5 Å². The third-order valence-electron chi connectivity index (χ3n) is 1.64. The Kier molecular flexibility index (Phi) is 4.22. The number of aliphatic hydroxyl groups excluding tert-OH is 1. The molecule has 78 valence electrons. The van der Waals surface area contributed by atoms with Crippen LogP contribution in [-0.4, -0.2) is 10.1 Å². The van der Waals surface area contributed by atoms with Crippen molar-refractivity contribution in [1.29, 1.82) is 0 Å². The molecule has 2 nitrogen and oxygen atoms in total. The normalized spacial score (nSPS) is 11.0. The number of aromatic nitrogens is 1. The molecule has 1 N–H and O–H groups in total. The highest BCUT2D eigenvalue weighted by atomic mass is 79.9. The third kappa shape index (κ3) is 2.40.